The monoisotopic (exact) mass is 362 g/mol. The zero-order valence-electron chi connectivity index (χ0n) is 15.9. The van der Waals surface area contributed by atoms with Crippen molar-refractivity contribution in [2.45, 2.75) is 51.8 Å². The van der Waals surface area contributed by atoms with E-state index < -0.39 is 22.9 Å². The molecule has 1 atom stereocenters. The highest BCUT2D eigenvalue weighted by Gasteiger charge is 2.46. The van der Waals surface area contributed by atoms with Gasteiger partial charge in [-0.05, 0) is 65.8 Å². The van der Waals surface area contributed by atoms with Gasteiger partial charge in [0.2, 0.25) is 0 Å². The molecule has 3 rings (SSSR count). The number of anilines is 1. The molecule has 2 N–H and O–H groups in total. The van der Waals surface area contributed by atoms with Gasteiger partial charge in [0, 0.05) is 6.54 Å². The van der Waals surface area contributed by atoms with Crippen LogP contribution in [0.5, 0.6) is 0 Å². The number of amides is 2. The number of hydrogen-bond donors (Lipinski definition) is 2. The van der Waals surface area contributed by atoms with E-state index in [0.717, 1.165) is 13.0 Å². The molecule has 1 spiro atoms. The Balaban J connectivity index is 2.04. The molecule has 1 aromatic rings. The molecule has 2 amide bonds. The Hall–Kier alpha value is -2.35. The molecule has 26 heavy (non-hydrogen) atoms. The summed E-state index contributed by atoms with van der Waals surface area (Å²) < 4.78 is 6.76. The highest BCUT2D eigenvalue weighted by atomic mass is 16.6. The first-order chi connectivity index (χ1) is 12.0. The molecular weight excluding hydrogens is 336 g/mol. The minimum absolute atomic E-state index is 0.115. The number of carbonyl (C=O) groups excluding carboxylic acids is 2. The van der Waals surface area contributed by atoms with Gasteiger partial charge < -0.3 is 15.0 Å². The average molecular weight is 362 g/mol. The van der Waals surface area contributed by atoms with Crippen LogP contribution in [0.4, 0.5) is 10.5 Å². The number of aryl methyl sites for hydroxylation is 1. The number of hydrogen-bond acceptors (Lipinski definition) is 5. The smallest absolute Gasteiger partial charge is 0.412 e. The van der Waals surface area contributed by atoms with Gasteiger partial charge in [0.15, 0.2) is 0 Å². The first-order valence-corrected chi connectivity index (χ1v) is 8.81. The molecule has 1 aromatic heterocycles. The van der Waals surface area contributed by atoms with Crippen LogP contribution in [0.15, 0.2) is 10.9 Å². The van der Waals surface area contributed by atoms with Gasteiger partial charge in [0.1, 0.15) is 22.6 Å². The summed E-state index contributed by atoms with van der Waals surface area (Å²) in [6.45, 7) is 8.47. The third-order valence-electron chi connectivity index (χ3n) is 4.68. The van der Waals surface area contributed by atoms with Crippen molar-refractivity contribution in [3.63, 3.8) is 0 Å². The van der Waals surface area contributed by atoms with Crippen molar-refractivity contribution in [2.24, 2.45) is 0 Å². The number of pyridine rings is 1. The second kappa shape index (κ2) is 6.12. The first-order valence-electron chi connectivity index (χ1n) is 8.81. The standard InChI is InChI=1S/C18H26N4O4/c1-11-9-12(19-16(25)26-17(2,3)4)15(24)22-13(11)14(23)20-18(22)7-6-8-21(5)10-18/h9H,6-8,10H2,1-5H3,(H,19,25)(H,20,23)/t18-/m1/s1. The molecule has 1 saturated heterocycles. The van der Waals surface area contributed by atoms with Crippen molar-refractivity contribution >= 4 is 17.7 Å². The second-order valence-electron chi connectivity index (χ2n) is 8.18. The van der Waals surface area contributed by atoms with Crippen molar-refractivity contribution in [1.29, 1.82) is 0 Å². The number of likely N-dealkylation sites (tertiary alicyclic amines) is 1. The molecule has 0 unspecified atom stereocenters. The van der Waals surface area contributed by atoms with Crippen LogP contribution >= 0.6 is 0 Å². The van der Waals surface area contributed by atoms with Gasteiger partial charge in [0.05, 0.1) is 0 Å². The van der Waals surface area contributed by atoms with Gasteiger partial charge in [-0.2, -0.15) is 0 Å². The zero-order chi connectivity index (χ0) is 19.3. The van der Waals surface area contributed by atoms with E-state index in [9.17, 15) is 14.4 Å². The molecule has 0 aliphatic carbocycles. The van der Waals surface area contributed by atoms with Crippen molar-refractivity contribution < 1.29 is 14.3 Å². The Labute approximate surface area is 152 Å². The third-order valence-corrected chi connectivity index (χ3v) is 4.68. The van der Waals surface area contributed by atoms with Crippen LogP contribution in [0, 0.1) is 6.92 Å². The lowest BCUT2D eigenvalue weighted by Crippen LogP contribution is -2.57. The number of fused-ring (bicyclic) bond motifs is 2. The summed E-state index contributed by atoms with van der Waals surface area (Å²) in [4.78, 5) is 39.9. The lowest BCUT2D eigenvalue weighted by atomic mass is 9.98. The molecule has 2 aliphatic rings. The highest BCUT2D eigenvalue weighted by Crippen LogP contribution is 2.32. The number of likely N-dealkylation sites (N-methyl/N-ethyl adjacent to an activating group) is 1. The lowest BCUT2D eigenvalue weighted by molar-refractivity contribution is 0.0633. The molecule has 1 fully saturated rings. The predicted octanol–water partition coefficient (Wildman–Crippen LogP) is 1.63. The van der Waals surface area contributed by atoms with Crippen molar-refractivity contribution in [3.8, 4) is 0 Å². The average Bonchev–Trinajstić information content (AvgIpc) is 2.74. The molecule has 0 bridgehead atoms. The van der Waals surface area contributed by atoms with E-state index in [4.69, 9.17) is 4.74 Å². The van der Waals surface area contributed by atoms with Crippen LogP contribution in [0.3, 0.4) is 0 Å². The van der Waals surface area contributed by atoms with Crippen molar-refractivity contribution in [2.75, 3.05) is 25.5 Å². The molecule has 8 heteroatoms. The molecule has 3 heterocycles. The van der Waals surface area contributed by atoms with E-state index in [1.54, 1.807) is 27.7 Å². The Morgan fingerprint density at radius 1 is 1.35 bits per heavy atom. The fraction of sp³-hybridized carbons (Fsp3) is 0.611. The number of nitrogens with one attached hydrogen (secondary N) is 2. The maximum Gasteiger partial charge on any atom is 0.412 e. The van der Waals surface area contributed by atoms with Gasteiger partial charge in [-0.1, -0.05) is 0 Å². The molecule has 142 valence electrons. The van der Waals surface area contributed by atoms with Crippen LogP contribution in [0.1, 0.15) is 49.7 Å². The normalized spacial score (nSPS) is 22.9. The fourth-order valence-electron chi connectivity index (χ4n) is 3.79. The Kier molecular flexibility index (Phi) is 4.34. The van der Waals surface area contributed by atoms with Gasteiger partial charge >= 0.3 is 6.09 Å². The summed E-state index contributed by atoms with van der Waals surface area (Å²) in [6.07, 6.45) is 0.846. The minimum Gasteiger partial charge on any atom is -0.444 e. The zero-order valence-corrected chi connectivity index (χ0v) is 15.9. The van der Waals surface area contributed by atoms with Gasteiger partial charge in [0.25, 0.3) is 11.5 Å². The minimum atomic E-state index is -0.771. The molecule has 0 saturated carbocycles. The van der Waals surface area contributed by atoms with Gasteiger partial charge in [-0.15, -0.1) is 0 Å². The second-order valence-corrected chi connectivity index (χ2v) is 8.18. The molecule has 0 radical (unpaired) electrons. The third kappa shape index (κ3) is 3.21. The van der Waals surface area contributed by atoms with Crippen molar-refractivity contribution in [1.82, 2.24) is 14.8 Å². The predicted molar refractivity (Wildman–Crippen MR) is 97.5 cm³/mol. The molecule has 2 aliphatic heterocycles. The summed E-state index contributed by atoms with van der Waals surface area (Å²) in [6, 6.07) is 1.53. The van der Waals surface area contributed by atoms with Crippen LogP contribution in [-0.2, 0) is 10.4 Å². The summed E-state index contributed by atoms with van der Waals surface area (Å²) in [5.74, 6) is -0.251. The van der Waals surface area contributed by atoms with E-state index in [1.807, 2.05) is 7.05 Å². The molecular formula is C18H26N4O4. The van der Waals surface area contributed by atoms with Crippen LogP contribution in [0.25, 0.3) is 0 Å². The van der Waals surface area contributed by atoms with E-state index in [1.165, 1.54) is 10.6 Å². The Morgan fingerprint density at radius 3 is 2.65 bits per heavy atom. The topological polar surface area (TPSA) is 92.7 Å². The quantitative estimate of drug-likeness (QED) is 0.792. The number of ether oxygens (including phenoxy) is 1. The summed E-state index contributed by atoms with van der Waals surface area (Å²) in [7, 11) is 1.96. The number of rotatable bonds is 1. The van der Waals surface area contributed by atoms with Gasteiger partial charge in [-0.25, -0.2) is 4.79 Å². The SMILES string of the molecule is Cc1cc(NC(=O)OC(C)(C)C)c(=O)n2c1C(=O)N[C@]21CCCN(C)C1. The largest absolute Gasteiger partial charge is 0.444 e. The van der Waals surface area contributed by atoms with E-state index in [-0.39, 0.29) is 11.6 Å². The number of piperidine rings is 1. The van der Waals surface area contributed by atoms with Crippen molar-refractivity contribution in [3.05, 3.63) is 27.7 Å². The van der Waals surface area contributed by atoms with Crippen LogP contribution < -0.4 is 16.2 Å². The number of carbonyl (C=O) groups is 2. The lowest BCUT2D eigenvalue weighted by Gasteiger charge is -2.39. The molecule has 0 aromatic carbocycles. The first kappa shape index (κ1) is 18.4. The van der Waals surface area contributed by atoms with E-state index >= 15 is 0 Å². The highest BCUT2D eigenvalue weighted by molar-refractivity contribution is 5.97. The summed E-state index contributed by atoms with van der Waals surface area (Å²) in [5, 5.41) is 5.54. The Bertz CT molecular complexity index is 824. The van der Waals surface area contributed by atoms with Crippen LogP contribution in [0.2, 0.25) is 0 Å². The number of nitrogens with zero attached hydrogens (tertiary/aromatic N) is 2. The molecule has 8 nitrogen and oxygen atoms in total. The number of aromatic nitrogens is 1. The van der Waals surface area contributed by atoms with Crippen LogP contribution in [-0.4, -0.2) is 47.2 Å². The maximum absolute atomic E-state index is 13.1. The maximum atomic E-state index is 13.1. The fourth-order valence-corrected chi connectivity index (χ4v) is 3.79. The summed E-state index contributed by atoms with van der Waals surface area (Å²) >= 11 is 0. The summed E-state index contributed by atoms with van der Waals surface area (Å²) in [5.41, 5.74) is -0.725. The van der Waals surface area contributed by atoms with E-state index in [0.29, 0.717) is 24.2 Å². The van der Waals surface area contributed by atoms with Gasteiger partial charge in [-0.3, -0.25) is 19.5 Å². The Morgan fingerprint density at radius 2 is 2.04 bits per heavy atom. The van der Waals surface area contributed by atoms with E-state index in [2.05, 4.69) is 15.5 Å².